The molecule has 0 saturated carbocycles. The molecule has 1 unspecified atom stereocenters. The van der Waals surface area contributed by atoms with E-state index < -0.39 is 17.7 Å². The average Bonchev–Trinajstić information content (AvgIpc) is 3.16. The molecule has 2 heterocycles. The van der Waals surface area contributed by atoms with Crippen LogP contribution < -0.4 is 4.74 Å². The number of aryl methyl sites for hydroxylation is 2. The first kappa shape index (κ1) is 23.0. The van der Waals surface area contributed by atoms with E-state index in [0.29, 0.717) is 29.4 Å². The zero-order chi connectivity index (χ0) is 22.9. The number of aromatic nitrogens is 1. The highest BCUT2D eigenvalue weighted by Gasteiger charge is 2.44. The second-order valence-electron chi connectivity index (χ2n) is 8.18. The standard InChI is InChI=1S/C23H29N3O4S/c1-13(2)30-17-9-7-16(8-10-17)19-18(20(27)22-14(3)24-15(4)31-22)21(28)23(29)26(19)12-11-25(5)6/h7-10,13,19,28H,11-12H2,1-6H3. The highest BCUT2D eigenvalue weighted by Crippen LogP contribution is 2.40. The first-order chi connectivity index (χ1) is 14.6. The summed E-state index contributed by atoms with van der Waals surface area (Å²) in [5.74, 6) is -0.662. The van der Waals surface area contributed by atoms with Gasteiger partial charge < -0.3 is 19.6 Å². The van der Waals surface area contributed by atoms with E-state index in [0.717, 1.165) is 10.6 Å². The summed E-state index contributed by atoms with van der Waals surface area (Å²) in [6, 6.07) is 6.66. The number of carbonyl (C=O) groups excluding carboxylic acids is 2. The number of carbonyl (C=O) groups is 2. The molecule has 3 rings (SSSR count). The number of benzene rings is 1. The first-order valence-corrected chi connectivity index (χ1v) is 11.1. The van der Waals surface area contributed by atoms with Gasteiger partial charge in [-0.1, -0.05) is 12.1 Å². The highest BCUT2D eigenvalue weighted by atomic mass is 32.1. The lowest BCUT2D eigenvalue weighted by Gasteiger charge is -2.28. The lowest BCUT2D eigenvalue weighted by molar-refractivity contribution is -0.129. The van der Waals surface area contributed by atoms with Crippen molar-refractivity contribution in [2.24, 2.45) is 0 Å². The number of likely N-dealkylation sites (N-methyl/N-ethyl adjacent to an activating group) is 1. The van der Waals surface area contributed by atoms with Gasteiger partial charge in [0.2, 0.25) is 5.78 Å². The Kier molecular flexibility index (Phi) is 6.81. The molecule has 0 radical (unpaired) electrons. The van der Waals surface area contributed by atoms with Crippen molar-refractivity contribution >= 4 is 23.0 Å². The summed E-state index contributed by atoms with van der Waals surface area (Å²) >= 11 is 1.27. The van der Waals surface area contributed by atoms with Crippen LogP contribution in [0.1, 0.15) is 45.8 Å². The maximum absolute atomic E-state index is 13.5. The number of nitrogens with zero attached hydrogens (tertiary/aromatic N) is 3. The molecule has 31 heavy (non-hydrogen) atoms. The molecule has 1 aromatic carbocycles. The van der Waals surface area contributed by atoms with Crippen molar-refractivity contribution in [3.05, 3.63) is 56.7 Å². The molecule has 0 saturated heterocycles. The van der Waals surface area contributed by atoms with Crippen LogP contribution in [0.15, 0.2) is 35.6 Å². The van der Waals surface area contributed by atoms with Gasteiger partial charge in [0.15, 0.2) is 5.76 Å². The van der Waals surface area contributed by atoms with Gasteiger partial charge in [0.25, 0.3) is 5.91 Å². The molecular formula is C23H29N3O4S. The second kappa shape index (κ2) is 9.20. The van der Waals surface area contributed by atoms with Crippen molar-refractivity contribution in [3.63, 3.8) is 0 Å². The van der Waals surface area contributed by atoms with Crippen LogP contribution in [-0.2, 0) is 4.79 Å². The molecule has 8 heteroatoms. The van der Waals surface area contributed by atoms with Gasteiger partial charge in [-0.25, -0.2) is 4.98 Å². The van der Waals surface area contributed by atoms with E-state index in [2.05, 4.69) is 4.98 Å². The van der Waals surface area contributed by atoms with Crippen molar-refractivity contribution in [2.45, 2.75) is 39.8 Å². The Bertz CT molecular complexity index is 1010. The van der Waals surface area contributed by atoms with Crippen molar-refractivity contribution in [1.82, 2.24) is 14.8 Å². The fourth-order valence-electron chi connectivity index (χ4n) is 3.64. The van der Waals surface area contributed by atoms with E-state index in [1.165, 1.54) is 11.3 Å². The van der Waals surface area contributed by atoms with E-state index >= 15 is 0 Å². The van der Waals surface area contributed by atoms with Gasteiger partial charge in [0, 0.05) is 13.1 Å². The Morgan fingerprint density at radius 2 is 1.90 bits per heavy atom. The van der Waals surface area contributed by atoms with Crippen LogP contribution in [0.5, 0.6) is 5.75 Å². The Balaban J connectivity index is 2.04. The molecule has 1 aliphatic rings. The Hall–Kier alpha value is -2.71. The number of amides is 1. The van der Waals surface area contributed by atoms with Crippen LogP contribution in [0.4, 0.5) is 0 Å². The molecule has 0 aliphatic carbocycles. The molecule has 166 valence electrons. The van der Waals surface area contributed by atoms with Crippen molar-refractivity contribution in [2.75, 3.05) is 27.2 Å². The number of hydrogen-bond acceptors (Lipinski definition) is 7. The molecule has 0 fully saturated rings. The summed E-state index contributed by atoms with van der Waals surface area (Å²) in [6.45, 7) is 8.47. The second-order valence-corrected chi connectivity index (χ2v) is 9.38. The predicted molar refractivity (Wildman–Crippen MR) is 121 cm³/mol. The molecule has 1 N–H and O–H groups in total. The van der Waals surface area contributed by atoms with Gasteiger partial charge in [-0.05, 0) is 59.5 Å². The van der Waals surface area contributed by atoms with Crippen molar-refractivity contribution in [1.29, 1.82) is 0 Å². The molecule has 0 bridgehead atoms. The largest absolute Gasteiger partial charge is 0.503 e. The molecular weight excluding hydrogens is 414 g/mol. The van der Waals surface area contributed by atoms with Gasteiger partial charge in [0.1, 0.15) is 5.75 Å². The molecule has 7 nitrogen and oxygen atoms in total. The van der Waals surface area contributed by atoms with Crippen LogP contribution in [-0.4, -0.2) is 64.9 Å². The Labute approximate surface area is 187 Å². The summed E-state index contributed by atoms with van der Waals surface area (Å²) in [5.41, 5.74) is 1.45. The van der Waals surface area contributed by atoms with Gasteiger partial charge >= 0.3 is 0 Å². The third-order valence-electron chi connectivity index (χ3n) is 5.01. The van der Waals surface area contributed by atoms with Gasteiger partial charge in [-0.2, -0.15) is 0 Å². The normalized spacial score (nSPS) is 16.7. The predicted octanol–water partition coefficient (Wildman–Crippen LogP) is 3.69. The minimum absolute atomic E-state index is 0.0362. The topological polar surface area (TPSA) is 83.0 Å². The quantitative estimate of drug-likeness (QED) is 0.627. The number of aliphatic hydroxyl groups excluding tert-OH is 1. The average molecular weight is 444 g/mol. The van der Waals surface area contributed by atoms with Crippen molar-refractivity contribution < 1.29 is 19.4 Å². The summed E-state index contributed by atoms with van der Waals surface area (Å²) in [4.78, 5) is 34.7. The number of ketones is 1. The fourth-order valence-corrected chi connectivity index (χ4v) is 4.51. The number of aliphatic hydroxyl groups is 1. The summed E-state index contributed by atoms with van der Waals surface area (Å²) in [5, 5.41) is 11.5. The van der Waals surface area contributed by atoms with E-state index in [1.807, 2.05) is 64.0 Å². The van der Waals surface area contributed by atoms with Gasteiger partial charge in [0.05, 0.1) is 33.3 Å². The smallest absolute Gasteiger partial charge is 0.290 e. The van der Waals surface area contributed by atoms with Crippen LogP contribution >= 0.6 is 11.3 Å². The number of thiazole rings is 1. The maximum atomic E-state index is 13.5. The molecule has 1 aliphatic heterocycles. The van der Waals surface area contributed by atoms with E-state index in [4.69, 9.17) is 4.74 Å². The lowest BCUT2D eigenvalue weighted by atomic mass is 9.95. The number of ether oxygens (including phenoxy) is 1. The summed E-state index contributed by atoms with van der Waals surface area (Å²) in [6.07, 6.45) is 0.0362. The van der Waals surface area contributed by atoms with Gasteiger partial charge in [-0.15, -0.1) is 11.3 Å². The van der Waals surface area contributed by atoms with E-state index in [1.54, 1.807) is 11.8 Å². The minimum Gasteiger partial charge on any atom is -0.503 e. The van der Waals surface area contributed by atoms with Crippen LogP contribution in [0.3, 0.4) is 0 Å². The zero-order valence-electron chi connectivity index (χ0n) is 18.8. The van der Waals surface area contributed by atoms with E-state index in [9.17, 15) is 14.7 Å². The third kappa shape index (κ3) is 4.80. The third-order valence-corrected chi connectivity index (χ3v) is 6.09. The minimum atomic E-state index is -0.671. The number of hydrogen-bond donors (Lipinski definition) is 1. The number of rotatable bonds is 8. The molecule has 0 spiro atoms. The summed E-state index contributed by atoms with van der Waals surface area (Å²) in [7, 11) is 3.83. The first-order valence-electron chi connectivity index (χ1n) is 10.2. The van der Waals surface area contributed by atoms with Crippen LogP contribution in [0, 0.1) is 13.8 Å². The molecule has 1 aromatic heterocycles. The van der Waals surface area contributed by atoms with Gasteiger partial charge in [-0.3, -0.25) is 9.59 Å². The Morgan fingerprint density at radius 1 is 1.26 bits per heavy atom. The highest BCUT2D eigenvalue weighted by molar-refractivity contribution is 7.14. The number of Topliss-reactive ketones (excluding diaryl/α,β-unsaturated/α-hetero) is 1. The fraction of sp³-hybridized carbons (Fsp3) is 0.435. The van der Waals surface area contributed by atoms with Crippen LogP contribution in [0.2, 0.25) is 0 Å². The van der Waals surface area contributed by atoms with Crippen molar-refractivity contribution in [3.8, 4) is 5.75 Å². The van der Waals surface area contributed by atoms with Crippen LogP contribution in [0.25, 0.3) is 0 Å². The monoisotopic (exact) mass is 443 g/mol. The maximum Gasteiger partial charge on any atom is 0.290 e. The molecule has 2 aromatic rings. The SMILES string of the molecule is Cc1nc(C)c(C(=O)C2=C(O)C(=O)N(CCN(C)C)C2c2ccc(OC(C)C)cc2)s1. The summed E-state index contributed by atoms with van der Waals surface area (Å²) < 4.78 is 5.72. The molecule has 1 amide bonds. The Morgan fingerprint density at radius 3 is 2.42 bits per heavy atom. The lowest BCUT2D eigenvalue weighted by Crippen LogP contribution is -2.36. The van der Waals surface area contributed by atoms with E-state index in [-0.39, 0.29) is 17.5 Å². The molecule has 1 atom stereocenters. The zero-order valence-corrected chi connectivity index (χ0v) is 19.6.